The van der Waals surface area contributed by atoms with Gasteiger partial charge >= 0.3 is 0 Å². The first-order chi connectivity index (χ1) is 16.5. The van der Waals surface area contributed by atoms with Gasteiger partial charge in [0.15, 0.2) is 22.5 Å². The number of rotatable bonds is 6. The zero-order chi connectivity index (χ0) is 25.5. The van der Waals surface area contributed by atoms with Crippen LogP contribution in [-0.4, -0.2) is 41.8 Å². The van der Waals surface area contributed by atoms with Crippen LogP contribution in [-0.2, 0) is 20.5 Å². The van der Waals surface area contributed by atoms with E-state index in [0.717, 1.165) is 0 Å². The maximum Gasteiger partial charge on any atom is 0.271 e. The van der Waals surface area contributed by atoms with Crippen molar-refractivity contribution in [3.63, 3.8) is 0 Å². The van der Waals surface area contributed by atoms with Gasteiger partial charge in [-0.25, -0.2) is 14.4 Å². The molecule has 3 aromatic rings. The predicted octanol–water partition coefficient (Wildman–Crippen LogP) is 3.91. The first-order valence-corrected chi connectivity index (χ1v) is 12.5. The van der Waals surface area contributed by atoms with Crippen LogP contribution in [0.5, 0.6) is 0 Å². The molecule has 1 amide bonds. The van der Waals surface area contributed by atoms with E-state index in [-0.39, 0.29) is 23.1 Å². The largest absolute Gasteiger partial charge is 0.369 e. The SMILES string of the molecule is CCC(c1ccc(C2(c3cccc(-c4ccnc(Cl)c4F)c3)N=C(N)N(C)C2=O)cc1)S(=O)(=O)O. The van der Waals surface area contributed by atoms with Crippen molar-refractivity contribution in [2.24, 2.45) is 10.7 Å². The minimum absolute atomic E-state index is 0.00742. The highest BCUT2D eigenvalue weighted by atomic mass is 35.5. The molecule has 2 unspecified atom stereocenters. The lowest BCUT2D eigenvalue weighted by atomic mass is 9.81. The summed E-state index contributed by atoms with van der Waals surface area (Å²) in [7, 11) is -2.82. The van der Waals surface area contributed by atoms with Gasteiger partial charge in [0.2, 0.25) is 0 Å². The monoisotopic (exact) mass is 516 g/mol. The number of carbonyl (C=O) groups excluding carboxylic acids is 1. The maximum atomic E-state index is 14.7. The number of pyridine rings is 1. The summed E-state index contributed by atoms with van der Waals surface area (Å²) < 4.78 is 47.8. The highest BCUT2D eigenvalue weighted by Gasteiger charge is 2.49. The first-order valence-electron chi connectivity index (χ1n) is 10.6. The molecule has 0 aliphatic carbocycles. The third-order valence-electron chi connectivity index (χ3n) is 6.11. The van der Waals surface area contributed by atoms with Crippen molar-refractivity contribution in [1.82, 2.24) is 9.88 Å². The summed E-state index contributed by atoms with van der Waals surface area (Å²) in [5, 5.41) is -1.38. The molecule has 0 bridgehead atoms. The molecule has 3 N–H and O–H groups in total. The fourth-order valence-corrected chi connectivity index (χ4v) is 5.37. The van der Waals surface area contributed by atoms with E-state index < -0.39 is 32.6 Å². The van der Waals surface area contributed by atoms with Crippen LogP contribution in [0.25, 0.3) is 11.1 Å². The molecule has 2 atom stereocenters. The zero-order valence-corrected chi connectivity index (χ0v) is 20.4. The number of nitrogens with zero attached hydrogens (tertiary/aromatic N) is 3. The molecule has 1 aliphatic rings. The lowest BCUT2D eigenvalue weighted by molar-refractivity contribution is -0.129. The Hall–Kier alpha value is -3.34. The number of hydrogen-bond donors (Lipinski definition) is 2. The third-order valence-corrected chi connectivity index (χ3v) is 7.70. The Labute approximate surface area is 207 Å². The second kappa shape index (κ2) is 9.03. The van der Waals surface area contributed by atoms with Gasteiger partial charge < -0.3 is 5.73 Å². The van der Waals surface area contributed by atoms with E-state index in [0.29, 0.717) is 22.3 Å². The van der Waals surface area contributed by atoms with Crippen molar-refractivity contribution < 1.29 is 22.2 Å². The Kier molecular flexibility index (Phi) is 6.39. The van der Waals surface area contributed by atoms with E-state index in [1.165, 1.54) is 36.3 Å². The van der Waals surface area contributed by atoms with Crippen LogP contribution in [0.4, 0.5) is 4.39 Å². The topological polar surface area (TPSA) is 126 Å². The summed E-state index contributed by atoms with van der Waals surface area (Å²) in [5.74, 6) is -1.14. The summed E-state index contributed by atoms with van der Waals surface area (Å²) in [6.45, 7) is 1.64. The Morgan fingerprint density at radius 1 is 1.17 bits per heavy atom. The molecular formula is C24H22ClFN4O4S. The van der Waals surface area contributed by atoms with Gasteiger partial charge in [-0.15, -0.1) is 0 Å². The zero-order valence-electron chi connectivity index (χ0n) is 18.8. The lowest BCUT2D eigenvalue weighted by Crippen LogP contribution is -2.41. The maximum absolute atomic E-state index is 14.7. The summed E-state index contributed by atoms with van der Waals surface area (Å²) in [4.78, 5) is 23.0. The number of halogens is 2. The van der Waals surface area contributed by atoms with Crippen LogP contribution < -0.4 is 5.73 Å². The van der Waals surface area contributed by atoms with Crippen LogP contribution >= 0.6 is 11.6 Å². The molecule has 0 saturated heterocycles. The van der Waals surface area contributed by atoms with E-state index in [9.17, 15) is 22.2 Å². The van der Waals surface area contributed by atoms with Gasteiger partial charge in [-0.2, -0.15) is 8.42 Å². The van der Waals surface area contributed by atoms with E-state index in [1.54, 1.807) is 43.3 Å². The molecule has 182 valence electrons. The molecule has 2 heterocycles. The number of carbonyl (C=O) groups is 1. The summed E-state index contributed by atoms with van der Waals surface area (Å²) in [6, 6.07) is 14.3. The van der Waals surface area contributed by atoms with Crippen molar-refractivity contribution in [2.75, 3.05) is 7.05 Å². The summed E-state index contributed by atoms with van der Waals surface area (Å²) in [5.41, 5.74) is 6.31. The number of guanidine groups is 1. The van der Waals surface area contributed by atoms with Gasteiger partial charge in [0, 0.05) is 18.8 Å². The Morgan fingerprint density at radius 3 is 2.43 bits per heavy atom. The molecule has 8 nitrogen and oxygen atoms in total. The van der Waals surface area contributed by atoms with Crippen molar-refractivity contribution >= 4 is 33.6 Å². The fraction of sp³-hybridized carbons (Fsp3) is 0.208. The third kappa shape index (κ3) is 4.18. The van der Waals surface area contributed by atoms with Crippen molar-refractivity contribution in [3.8, 4) is 11.1 Å². The van der Waals surface area contributed by atoms with Crippen LogP contribution in [0.3, 0.4) is 0 Å². The minimum Gasteiger partial charge on any atom is -0.369 e. The Balaban J connectivity index is 1.89. The average Bonchev–Trinajstić information content (AvgIpc) is 3.06. The van der Waals surface area contributed by atoms with Crippen LogP contribution in [0.15, 0.2) is 65.8 Å². The molecule has 11 heteroatoms. The summed E-state index contributed by atoms with van der Waals surface area (Å²) in [6.07, 6.45) is 1.55. The van der Waals surface area contributed by atoms with Gasteiger partial charge in [0.1, 0.15) is 5.25 Å². The van der Waals surface area contributed by atoms with Crippen molar-refractivity contribution in [1.29, 1.82) is 0 Å². The highest BCUT2D eigenvalue weighted by molar-refractivity contribution is 7.86. The smallest absolute Gasteiger partial charge is 0.271 e. The van der Waals surface area contributed by atoms with Crippen molar-refractivity contribution in [3.05, 3.63) is 88.5 Å². The number of aliphatic imine (C=N–C) groups is 1. The lowest BCUT2D eigenvalue weighted by Gasteiger charge is -2.27. The molecule has 2 aromatic carbocycles. The Morgan fingerprint density at radius 2 is 1.86 bits per heavy atom. The number of benzene rings is 2. The van der Waals surface area contributed by atoms with Crippen LogP contribution in [0.1, 0.15) is 35.3 Å². The second-order valence-electron chi connectivity index (χ2n) is 8.12. The molecule has 1 aliphatic heterocycles. The molecule has 4 rings (SSSR count). The van der Waals surface area contributed by atoms with Gasteiger partial charge in [-0.05, 0) is 40.8 Å². The van der Waals surface area contributed by atoms with E-state index in [1.807, 2.05) is 0 Å². The minimum atomic E-state index is -4.31. The van der Waals surface area contributed by atoms with Crippen molar-refractivity contribution in [2.45, 2.75) is 24.1 Å². The number of aromatic nitrogens is 1. The van der Waals surface area contributed by atoms with Gasteiger partial charge in [0.25, 0.3) is 16.0 Å². The highest BCUT2D eigenvalue weighted by Crippen LogP contribution is 2.41. The number of amides is 1. The molecule has 0 spiro atoms. The van der Waals surface area contributed by atoms with Crippen LogP contribution in [0.2, 0.25) is 5.15 Å². The molecule has 0 radical (unpaired) electrons. The quantitative estimate of drug-likeness (QED) is 0.378. The standard InChI is InChI=1S/C24H22ClFN4O4S/c1-3-19(35(32,33)34)14-7-9-16(10-8-14)24(22(31)30(2)23(27)29-24)17-6-4-5-15(13-17)18-11-12-28-21(25)20(18)26/h4-13,19H,3H2,1-2H3,(H2,27,29)(H,32,33,34). The number of likely N-dealkylation sites (N-methyl/N-ethyl adjacent to an activating group) is 1. The normalized spacial score (nSPS) is 19.1. The van der Waals surface area contributed by atoms with Gasteiger partial charge in [0.05, 0.1) is 0 Å². The van der Waals surface area contributed by atoms with E-state index >= 15 is 0 Å². The molecule has 0 saturated carbocycles. The van der Waals surface area contributed by atoms with Gasteiger partial charge in [-0.3, -0.25) is 14.2 Å². The fourth-order valence-electron chi connectivity index (χ4n) is 4.29. The Bertz CT molecular complexity index is 1450. The predicted molar refractivity (Wildman–Crippen MR) is 131 cm³/mol. The van der Waals surface area contributed by atoms with E-state index in [4.69, 9.17) is 17.3 Å². The molecule has 0 fully saturated rings. The number of hydrogen-bond acceptors (Lipinski definition) is 6. The second-order valence-corrected chi connectivity index (χ2v) is 10.1. The molecule has 35 heavy (non-hydrogen) atoms. The molecular weight excluding hydrogens is 495 g/mol. The molecule has 1 aromatic heterocycles. The van der Waals surface area contributed by atoms with Crippen LogP contribution in [0, 0.1) is 5.82 Å². The average molecular weight is 517 g/mol. The first kappa shape index (κ1) is 24.8. The van der Waals surface area contributed by atoms with E-state index in [2.05, 4.69) is 9.98 Å². The number of nitrogens with two attached hydrogens (primary N) is 1. The van der Waals surface area contributed by atoms with Gasteiger partial charge in [-0.1, -0.05) is 61.0 Å². The summed E-state index contributed by atoms with van der Waals surface area (Å²) >= 11 is 5.85.